The number of thiophene rings is 1. The average molecular weight is 359 g/mol. The Labute approximate surface area is 145 Å². The molecule has 0 bridgehead atoms. The summed E-state index contributed by atoms with van der Waals surface area (Å²) < 4.78 is 0. The average Bonchev–Trinajstić information content (AvgIpc) is 3.03. The van der Waals surface area contributed by atoms with Gasteiger partial charge in [-0.25, -0.2) is 4.79 Å². The maximum absolute atomic E-state index is 12.2. The first-order valence-corrected chi connectivity index (χ1v) is 8.82. The van der Waals surface area contributed by atoms with Gasteiger partial charge in [0, 0.05) is 16.2 Å². The Balaban J connectivity index is 1.73. The summed E-state index contributed by atoms with van der Waals surface area (Å²) >= 11 is 2.51. The summed E-state index contributed by atoms with van der Waals surface area (Å²) in [6, 6.07) is 10.8. The summed E-state index contributed by atoms with van der Waals surface area (Å²) in [5, 5.41) is 17.4. The molecule has 0 aliphatic heterocycles. The number of carbonyl (C=O) groups is 1. The molecule has 0 fully saturated rings. The highest BCUT2D eigenvalue weighted by Crippen LogP contribution is 2.24. The van der Waals surface area contributed by atoms with Crippen molar-refractivity contribution in [1.82, 2.24) is 15.2 Å². The van der Waals surface area contributed by atoms with Gasteiger partial charge in [-0.2, -0.15) is 0 Å². The van der Waals surface area contributed by atoms with E-state index in [-0.39, 0.29) is 11.3 Å². The van der Waals surface area contributed by atoms with Crippen molar-refractivity contribution in [2.75, 3.05) is 0 Å². The van der Waals surface area contributed by atoms with Gasteiger partial charge < -0.3 is 5.11 Å². The summed E-state index contributed by atoms with van der Waals surface area (Å²) in [6.07, 6.45) is 0. The molecule has 0 atom stereocenters. The van der Waals surface area contributed by atoms with Crippen molar-refractivity contribution in [3.05, 3.63) is 62.1 Å². The lowest BCUT2D eigenvalue weighted by molar-refractivity contribution is 0.0702. The molecule has 3 aromatic rings. The van der Waals surface area contributed by atoms with Crippen LogP contribution < -0.4 is 5.56 Å². The third-order valence-electron chi connectivity index (χ3n) is 3.22. The summed E-state index contributed by atoms with van der Waals surface area (Å²) in [5.74, 6) is -0.418. The van der Waals surface area contributed by atoms with Crippen molar-refractivity contribution < 1.29 is 9.90 Å². The topological polar surface area (TPSA) is 95.9 Å². The number of nitrogens with zero attached hydrogens (tertiary/aromatic N) is 2. The molecule has 6 nitrogen and oxygen atoms in total. The second-order valence-corrected chi connectivity index (χ2v) is 7.17. The van der Waals surface area contributed by atoms with Crippen molar-refractivity contribution in [1.29, 1.82) is 0 Å². The zero-order valence-electron chi connectivity index (χ0n) is 12.6. The van der Waals surface area contributed by atoms with E-state index in [2.05, 4.69) is 15.2 Å². The summed E-state index contributed by atoms with van der Waals surface area (Å²) in [6.45, 7) is 1.97. The van der Waals surface area contributed by atoms with Gasteiger partial charge in [-0.3, -0.25) is 9.78 Å². The van der Waals surface area contributed by atoms with Crippen LogP contribution in [-0.4, -0.2) is 26.3 Å². The molecule has 0 saturated carbocycles. The van der Waals surface area contributed by atoms with E-state index in [4.69, 9.17) is 5.11 Å². The highest BCUT2D eigenvalue weighted by molar-refractivity contribution is 7.98. The fourth-order valence-electron chi connectivity index (χ4n) is 2.00. The van der Waals surface area contributed by atoms with Crippen LogP contribution in [-0.2, 0) is 5.75 Å². The zero-order valence-corrected chi connectivity index (χ0v) is 14.3. The first-order valence-electron chi connectivity index (χ1n) is 7.02. The second kappa shape index (κ2) is 6.98. The van der Waals surface area contributed by atoms with Crippen molar-refractivity contribution in [2.45, 2.75) is 17.8 Å². The van der Waals surface area contributed by atoms with Crippen molar-refractivity contribution in [3.8, 4) is 11.3 Å². The molecule has 0 amide bonds. The minimum atomic E-state index is -0.938. The molecule has 122 valence electrons. The maximum atomic E-state index is 12.2. The Morgan fingerprint density at radius 1 is 1.21 bits per heavy atom. The second-order valence-electron chi connectivity index (χ2n) is 5.03. The van der Waals surface area contributed by atoms with Crippen molar-refractivity contribution in [2.24, 2.45) is 0 Å². The fraction of sp³-hybridized carbons (Fsp3) is 0.125. The minimum absolute atomic E-state index is 0.281. The van der Waals surface area contributed by atoms with E-state index in [1.54, 1.807) is 12.1 Å². The highest BCUT2D eigenvalue weighted by atomic mass is 32.2. The number of benzene rings is 1. The van der Waals surface area contributed by atoms with Crippen LogP contribution in [0.25, 0.3) is 11.3 Å². The first kappa shape index (κ1) is 16.4. The Morgan fingerprint density at radius 3 is 2.58 bits per heavy atom. The van der Waals surface area contributed by atoms with Crippen LogP contribution in [0, 0.1) is 6.92 Å². The van der Waals surface area contributed by atoms with E-state index in [1.807, 2.05) is 31.2 Å². The fourth-order valence-corrected chi connectivity index (χ4v) is 3.69. The monoisotopic (exact) mass is 359 g/mol. The Kier molecular flexibility index (Phi) is 4.77. The van der Waals surface area contributed by atoms with Gasteiger partial charge in [0.1, 0.15) is 4.88 Å². The Hall–Kier alpha value is -2.45. The van der Waals surface area contributed by atoms with E-state index in [9.17, 15) is 9.59 Å². The third kappa shape index (κ3) is 3.72. The van der Waals surface area contributed by atoms with E-state index in [1.165, 1.54) is 23.1 Å². The highest BCUT2D eigenvalue weighted by Gasteiger charge is 2.10. The van der Waals surface area contributed by atoms with E-state index in [0.29, 0.717) is 15.8 Å². The molecule has 0 spiro atoms. The number of aryl methyl sites for hydroxylation is 1. The molecule has 8 heteroatoms. The largest absolute Gasteiger partial charge is 0.477 e. The summed E-state index contributed by atoms with van der Waals surface area (Å²) in [4.78, 5) is 26.9. The Morgan fingerprint density at radius 2 is 1.96 bits per heavy atom. The number of rotatable bonds is 5. The van der Waals surface area contributed by atoms with Crippen LogP contribution in [0.2, 0.25) is 0 Å². The van der Waals surface area contributed by atoms with E-state index < -0.39 is 5.97 Å². The third-order valence-corrected chi connectivity index (χ3v) is 5.39. The number of hydrogen-bond acceptors (Lipinski definition) is 6. The SMILES string of the molecule is Cc1ccc(-c2nnc(SCc3ccc(C(=O)O)s3)[nH]c2=O)cc1. The summed E-state index contributed by atoms with van der Waals surface area (Å²) in [5.41, 5.74) is 1.81. The minimum Gasteiger partial charge on any atom is -0.477 e. The van der Waals surface area contributed by atoms with Crippen LogP contribution in [0.1, 0.15) is 20.1 Å². The number of nitrogens with one attached hydrogen (secondary N) is 1. The van der Waals surface area contributed by atoms with Crippen LogP contribution in [0.3, 0.4) is 0 Å². The molecular weight excluding hydrogens is 346 g/mol. The first-order chi connectivity index (χ1) is 11.5. The zero-order chi connectivity index (χ0) is 17.1. The van der Waals surface area contributed by atoms with Gasteiger partial charge >= 0.3 is 5.97 Å². The number of aromatic amines is 1. The molecule has 0 aliphatic rings. The number of H-pyrrole nitrogens is 1. The standard InChI is InChI=1S/C16H13N3O3S2/c1-9-2-4-10(5-3-9)13-14(20)17-16(19-18-13)23-8-11-6-7-12(24-11)15(21)22/h2-7H,8H2,1H3,(H,21,22)(H,17,19,20). The smallest absolute Gasteiger partial charge is 0.345 e. The van der Waals surface area contributed by atoms with Gasteiger partial charge in [-0.05, 0) is 19.1 Å². The lowest BCUT2D eigenvalue weighted by atomic mass is 10.1. The number of carboxylic acid groups (broad SMARTS) is 1. The normalized spacial score (nSPS) is 10.7. The molecule has 2 N–H and O–H groups in total. The van der Waals surface area contributed by atoms with Crippen LogP contribution in [0.5, 0.6) is 0 Å². The van der Waals surface area contributed by atoms with Gasteiger partial charge in [-0.15, -0.1) is 21.5 Å². The van der Waals surface area contributed by atoms with Crippen molar-refractivity contribution >= 4 is 29.1 Å². The number of carboxylic acids is 1. The predicted molar refractivity (Wildman–Crippen MR) is 93.7 cm³/mol. The number of thioether (sulfide) groups is 1. The number of aromatic carboxylic acids is 1. The van der Waals surface area contributed by atoms with E-state index >= 15 is 0 Å². The van der Waals surface area contributed by atoms with Gasteiger partial charge in [0.15, 0.2) is 10.9 Å². The molecule has 24 heavy (non-hydrogen) atoms. The molecule has 2 aromatic heterocycles. The molecule has 3 rings (SSSR count). The van der Waals surface area contributed by atoms with Crippen LogP contribution in [0.4, 0.5) is 0 Å². The Bertz CT molecular complexity index is 932. The predicted octanol–water partition coefficient (Wildman–Crippen LogP) is 3.19. The molecule has 0 radical (unpaired) electrons. The van der Waals surface area contributed by atoms with Crippen LogP contribution >= 0.6 is 23.1 Å². The van der Waals surface area contributed by atoms with Gasteiger partial charge in [0.2, 0.25) is 0 Å². The molecule has 0 unspecified atom stereocenters. The van der Waals surface area contributed by atoms with Crippen LogP contribution in [0.15, 0.2) is 46.3 Å². The lowest BCUT2D eigenvalue weighted by Crippen LogP contribution is -2.14. The molecule has 0 saturated heterocycles. The van der Waals surface area contributed by atoms with Gasteiger partial charge in [0.25, 0.3) is 5.56 Å². The van der Waals surface area contributed by atoms with Gasteiger partial charge in [0.05, 0.1) is 0 Å². The maximum Gasteiger partial charge on any atom is 0.345 e. The molecule has 1 aromatic carbocycles. The molecular formula is C16H13N3O3S2. The lowest BCUT2D eigenvalue weighted by Gasteiger charge is -2.02. The van der Waals surface area contributed by atoms with Crippen molar-refractivity contribution in [3.63, 3.8) is 0 Å². The summed E-state index contributed by atoms with van der Waals surface area (Å²) in [7, 11) is 0. The van der Waals surface area contributed by atoms with E-state index in [0.717, 1.165) is 16.0 Å². The molecule has 2 heterocycles. The number of hydrogen-bond donors (Lipinski definition) is 2. The molecule has 0 aliphatic carbocycles. The number of aromatic nitrogens is 3. The quantitative estimate of drug-likeness (QED) is 0.679. The van der Waals surface area contributed by atoms with Gasteiger partial charge in [-0.1, -0.05) is 41.6 Å².